The van der Waals surface area contributed by atoms with Crippen LogP contribution in [0.5, 0.6) is 0 Å². The monoisotopic (exact) mass is 204 g/mol. The highest BCUT2D eigenvalue weighted by atomic mass is 16.1. The molecule has 0 spiro atoms. The molecule has 1 atom stereocenters. The highest BCUT2D eigenvalue weighted by Gasteiger charge is 2.06. The number of amides is 1. The zero-order valence-electron chi connectivity index (χ0n) is 9.32. The molecular formula is C12H16N2O. The largest absolute Gasteiger partial charge is 0.346 e. The van der Waals surface area contributed by atoms with Gasteiger partial charge in [0.15, 0.2) is 0 Å². The second-order valence-corrected chi connectivity index (χ2v) is 3.74. The summed E-state index contributed by atoms with van der Waals surface area (Å²) >= 11 is 0. The van der Waals surface area contributed by atoms with Gasteiger partial charge in [0, 0.05) is 18.5 Å². The molecule has 0 saturated carbocycles. The standard InChI is InChI=1S/C12H16N2O/c1-9(2)7-12(15)14-10(3)11-5-4-6-13-8-11/h4-8,10H,1-3H3,(H,14,15). The number of allylic oxidation sites excluding steroid dienone is 1. The molecule has 3 heteroatoms. The summed E-state index contributed by atoms with van der Waals surface area (Å²) in [7, 11) is 0. The highest BCUT2D eigenvalue weighted by molar-refractivity contribution is 5.88. The van der Waals surface area contributed by atoms with Crippen molar-refractivity contribution in [2.75, 3.05) is 0 Å². The van der Waals surface area contributed by atoms with Gasteiger partial charge in [-0.2, -0.15) is 0 Å². The van der Waals surface area contributed by atoms with E-state index in [1.165, 1.54) is 0 Å². The van der Waals surface area contributed by atoms with Crippen LogP contribution >= 0.6 is 0 Å². The predicted molar refractivity (Wildman–Crippen MR) is 60.2 cm³/mol. The summed E-state index contributed by atoms with van der Waals surface area (Å²) in [4.78, 5) is 15.4. The molecule has 1 rings (SSSR count). The third-order valence-electron chi connectivity index (χ3n) is 1.96. The summed E-state index contributed by atoms with van der Waals surface area (Å²) in [6.45, 7) is 5.73. The fourth-order valence-corrected chi connectivity index (χ4v) is 1.23. The number of nitrogens with one attached hydrogen (secondary N) is 1. The van der Waals surface area contributed by atoms with Gasteiger partial charge in [0.25, 0.3) is 0 Å². The number of pyridine rings is 1. The first kappa shape index (κ1) is 11.4. The Morgan fingerprint density at radius 3 is 2.80 bits per heavy atom. The van der Waals surface area contributed by atoms with Crippen LogP contribution < -0.4 is 5.32 Å². The molecule has 1 aromatic heterocycles. The van der Waals surface area contributed by atoms with E-state index in [1.54, 1.807) is 18.5 Å². The van der Waals surface area contributed by atoms with Gasteiger partial charge in [0.2, 0.25) is 5.91 Å². The zero-order valence-corrected chi connectivity index (χ0v) is 9.32. The summed E-state index contributed by atoms with van der Waals surface area (Å²) in [5.41, 5.74) is 2.00. The van der Waals surface area contributed by atoms with Gasteiger partial charge in [-0.25, -0.2) is 0 Å². The molecule has 1 unspecified atom stereocenters. The minimum Gasteiger partial charge on any atom is -0.346 e. The molecule has 3 nitrogen and oxygen atoms in total. The first-order valence-corrected chi connectivity index (χ1v) is 4.95. The van der Waals surface area contributed by atoms with Crippen LogP contribution in [-0.4, -0.2) is 10.9 Å². The maximum Gasteiger partial charge on any atom is 0.244 e. The van der Waals surface area contributed by atoms with Gasteiger partial charge in [-0.3, -0.25) is 9.78 Å². The van der Waals surface area contributed by atoms with Crippen molar-refractivity contribution in [1.29, 1.82) is 0 Å². The smallest absolute Gasteiger partial charge is 0.244 e. The molecule has 1 heterocycles. The van der Waals surface area contributed by atoms with Crippen molar-refractivity contribution in [2.24, 2.45) is 0 Å². The minimum absolute atomic E-state index is 0.0122. The molecule has 0 aliphatic heterocycles. The van der Waals surface area contributed by atoms with Crippen molar-refractivity contribution in [3.8, 4) is 0 Å². The maximum atomic E-state index is 11.4. The minimum atomic E-state index is -0.0636. The lowest BCUT2D eigenvalue weighted by atomic mass is 10.1. The van der Waals surface area contributed by atoms with E-state index in [9.17, 15) is 4.79 Å². The Balaban J connectivity index is 2.61. The number of hydrogen-bond acceptors (Lipinski definition) is 2. The summed E-state index contributed by atoms with van der Waals surface area (Å²) in [5, 5.41) is 2.87. The zero-order chi connectivity index (χ0) is 11.3. The van der Waals surface area contributed by atoms with Gasteiger partial charge in [0.1, 0.15) is 0 Å². The van der Waals surface area contributed by atoms with Crippen molar-refractivity contribution >= 4 is 5.91 Å². The average molecular weight is 204 g/mol. The maximum absolute atomic E-state index is 11.4. The lowest BCUT2D eigenvalue weighted by Crippen LogP contribution is -2.24. The van der Waals surface area contributed by atoms with Gasteiger partial charge in [-0.05, 0) is 32.4 Å². The van der Waals surface area contributed by atoms with E-state index in [4.69, 9.17) is 0 Å². The average Bonchev–Trinajstić information content (AvgIpc) is 2.17. The summed E-state index contributed by atoms with van der Waals surface area (Å²) in [6, 6.07) is 3.79. The molecule has 1 N–H and O–H groups in total. The predicted octanol–water partition coefficient (Wildman–Crippen LogP) is 2.22. The number of carbonyl (C=O) groups excluding carboxylic acids is 1. The van der Waals surface area contributed by atoms with E-state index in [1.807, 2.05) is 32.9 Å². The van der Waals surface area contributed by atoms with E-state index in [0.29, 0.717) is 0 Å². The van der Waals surface area contributed by atoms with Crippen LogP contribution in [0.4, 0.5) is 0 Å². The van der Waals surface area contributed by atoms with Crippen molar-refractivity contribution in [3.05, 3.63) is 41.7 Å². The molecule has 0 fully saturated rings. The molecule has 1 aromatic rings. The highest BCUT2D eigenvalue weighted by Crippen LogP contribution is 2.09. The first-order chi connectivity index (χ1) is 7.09. The van der Waals surface area contributed by atoms with Crippen molar-refractivity contribution in [1.82, 2.24) is 10.3 Å². The van der Waals surface area contributed by atoms with Crippen LogP contribution in [0.3, 0.4) is 0 Å². The van der Waals surface area contributed by atoms with Crippen LogP contribution in [0, 0.1) is 0 Å². The van der Waals surface area contributed by atoms with Gasteiger partial charge < -0.3 is 5.32 Å². The Labute approximate surface area is 90.2 Å². The van der Waals surface area contributed by atoms with Crippen LogP contribution in [0.2, 0.25) is 0 Å². The van der Waals surface area contributed by atoms with E-state index < -0.39 is 0 Å². The number of rotatable bonds is 3. The van der Waals surface area contributed by atoms with E-state index in [2.05, 4.69) is 10.3 Å². The quantitative estimate of drug-likeness (QED) is 0.767. The fraction of sp³-hybridized carbons (Fsp3) is 0.333. The second-order valence-electron chi connectivity index (χ2n) is 3.74. The lowest BCUT2D eigenvalue weighted by molar-refractivity contribution is -0.117. The Kier molecular flexibility index (Phi) is 4.03. The van der Waals surface area contributed by atoms with Gasteiger partial charge in [-0.15, -0.1) is 0 Å². The van der Waals surface area contributed by atoms with Gasteiger partial charge in [0.05, 0.1) is 6.04 Å². The Morgan fingerprint density at radius 2 is 2.27 bits per heavy atom. The topological polar surface area (TPSA) is 42.0 Å². The van der Waals surface area contributed by atoms with Crippen LogP contribution in [0.15, 0.2) is 36.2 Å². The molecule has 0 aromatic carbocycles. The van der Waals surface area contributed by atoms with E-state index >= 15 is 0 Å². The Morgan fingerprint density at radius 1 is 1.53 bits per heavy atom. The molecule has 15 heavy (non-hydrogen) atoms. The molecule has 80 valence electrons. The molecule has 0 saturated heterocycles. The Bertz CT molecular complexity index is 353. The number of carbonyl (C=O) groups is 1. The summed E-state index contributed by atoms with van der Waals surface area (Å²) < 4.78 is 0. The van der Waals surface area contributed by atoms with Gasteiger partial charge in [-0.1, -0.05) is 11.6 Å². The molecule has 0 bridgehead atoms. The SMILES string of the molecule is CC(C)=CC(=O)NC(C)c1cccnc1. The number of hydrogen-bond donors (Lipinski definition) is 1. The number of aromatic nitrogens is 1. The third-order valence-corrected chi connectivity index (χ3v) is 1.96. The summed E-state index contributed by atoms with van der Waals surface area (Å²) in [6.07, 6.45) is 5.06. The van der Waals surface area contributed by atoms with Crippen molar-refractivity contribution < 1.29 is 4.79 Å². The lowest BCUT2D eigenvalue weighted by Gasteiger charge is -2.12. The summed E-state index contributed by atoms with van der Waals surface area (Å²) in [5.74, 6) is -0.0636. The second kappa shape index (κ2) is 5.29. The van der Waals surface area contributed by atoms with E-state index in [0.717, 1.165) is 11.1 Å². The fourth-order valence-electron chi connectivity index (χ4n) is 1.23. The molecular weight excluding hydrogens is 188 g/mol. The first-order valence-electron chi connectivity index (χ1n) is 4.95. The van der Waals surface area contributed by atoms with Crippen LogP contribution in [-0.2, 0) is 4.79 Å². The number of nitrogens with zero attached hydrogens (tertiary/aromatic N) is 1. The van der Waals surface area contributed by atoms with Crippen molar-refractivity contribution in [2.45, 2.75) is 26.8 Å². The normalized spacial score (nSPS) is 11.7. The molecule has 1 amide bonds. The van der Waals surface area contributed by atoms with Crippen LogP contribution in [0.25, 0.3) is 0 Å². The molecule has 0 aliphatic rings. The van der Waals surface area contributed by atoms with Crippen LogP contribution in [0.1, 0.15) is 32.4 Å². The van der Waals surface area contributed by atoms with Crippen molar-refractivity contribution in [3.63, 3.8) is 0 Å². The molecule has 0 radical (unpaired) electrons. The van der Waals surface area contributed by atoms with E-state index in [-0.39, 0.29) is 11.9 Å². The van der Waals surface area contributed by atoms with Gasteiger partial charge >= 0.3 is 0 Å². The third kappa shape index (κ3) is 3.94. The molecule has 0 aliphatic carbocycles. The Hall–Kier alpha value is -1.64.